The molecule has 5 heteroatoms. The molecule has 0 aromatic carbocycles. The van der Waals surface area contributed by atoms with Gasteiger partial charge in [-0.05, 0) is 6.92 Å². The van der Waals surface area contributed by atoms with Gasteiger partial charge in [-0.3, -0.25) is 0 Å². The highest BCUT2D eigenvalue weighted by atomic mass is 16.3. The van der Waals surface area contributed by atoms with Crippen molar-refractivity contribution in [2.45, 2.75) is 19.4 Å². The van der Waals surface area contributed by atoms with Crippen molar-refractivity contribution in [3.8, 4) is 0 Å². The van der Waals surface area contributed by atoms with Gasteiger partial charge >= 0.3 is 0 Å². The summed E-state index contributed by atoms with van der Waals surface area (Å²) in [6.07, 6.45) is 0.0545. The van der Waals surface area contributed by atoms with Gasteiger partial charge < -0.3 is 5.11 Å². The molecule has 1 unspecified atom stereocenters. The van der Waals surface area contributed by atoms with Crippen molar-refractivity contribution in [3.63, 3.8) is 0 Å². The molecular weight excluding hydrogens is 120 g/mol. The number of nitrogens with zero attached hydrogens (tertiary/aromatic N) is 3. The topological polar surface area (TPSA) is 74.7 Å². The highest BCUT2D eigenvalue weighted by Gasteiger charge is 2.01. The van der Waals surface area contributed by atoms with Crippen molar-refractivity contribution in [1.82, 2.24) is 20.6 Å². The molecule has 2 N–H and O–H groups in total. The Hall–Kier alpha value is -0.970. The number of tetrazole rings is 1. The van der Waals surface area contributed by atoms with Crippen molar-refractivity contribution >= 4 is 0 Å². The molecule has 5 nitrogen and oxygen atoms in total. The first-order valence-corrected chi connectivity index (χ1v) is 2.69. The number of nitrogens with one attached hydrogen (secondary N) is 1. The molecule has 1 heterocycles. The van der Waals surface area contributed by atoms with Crippen LogP contribution < -0.4 is 0 Å². The molecule has 1 aromatic heterocycles. The molecule has 0 saturated carbocycles. The van der Waals surface area contributed by atoms with Gasteiger partial charge in [0.2, 0.25) is 0 Å². The second kappa shape index (κ2) is 2.54. The Balaban J connectivity index is 2.48. The number of H-pyrrole nitrogens is 1. The van der Waals surface area contributed by atoms with Gasteiger partial charge in [0, 0.05) is 6.42 Å². The zero-order valence-electron chi connectivity index (χ0n) is 5.07. The van der Waals surface area contributed by atoms with E-state index in [1.165, 1.54) is 0 Å². The summed E-state index contributed by atoms with van der Waals surface area (Å²) in [6, 6.07) is 0. The van der Waals surface area contributed by atoms with Crippen LogP contribution in [0.5, 0.6) is 0 Å². The van der Waals surface area contributed by atoms with Gasteiger partial charge in [-0.25, -0.2) is 0 Å². The summed E-state index contributed by atoms with van der Waals surface area (Å²) in [6.45, 7) is 1.68. The minimum atomic E-state index is -0.400. The second-order valence-corrected chi connectivity index (χ2v) is 1.88. The van der Waals surface area contributed by atoms with E-state index in [0.29, 0.717) is 12.2 Å². The molecule has 0 saturated heterocycles. The number of hydrogen-bond acceptors (Lipinski definition) is 4. The maximum Gasteiger partial charge on any atom is 0.177 e. The summed E-state index contributed by atoms with van der Waals surface area (Å²) < 4.78 is 0. The molecule has 0 spiro atoms. The van der Waals surface area contributed by atoms with Crippen molar-refractivity contribution < 1.29 is 5.11 Å². The third-order valence-corrected chi connectivity index (χ3v) is 0.867. The normalized spacial score (nSPS) is 13.6. The highest BCUT2D eigenvalue weighted by Crippen LogP contribution is 1.90. The number of aliphatic hydroxyl groups is 1. The molecule has 9 heavy (non-hydrogen) atoms. The van der Waals surface area contributed by atoms with Crippen LogP contribution >= 0.6 is 0 Å². The fraction of sp³-hybridized carbons (Fsp3) is 0.750. The van der Waals surface area contributed by atoms with E-state index in [4.69, 9.17) is 5.11 Å². The quantitative estimate of drug-likeness (QED) is 0.542. The second-order valence-electron chi connectivity index (χ2n) is 1.88. The van der Waals surface area contributed by atoms with Crippen LogP contribution in [0.3, 0.4) is 0 Å². The number of hydrogen-bond donors (Lipinski definition) is 2. The zero-order chi connectivity index (χ0) is 6.69. The Bertz CT molecular complexity index is 159. The van der Waals surface area contributed by atoms with Gasteiger partial charge in [0.25, 0.3) is 0 Å². The lowest BCUT2D eigenvalue weighted by Crippen LogP contribution is -2.05. The highest BCUT2D eigenvalue weighted by molar-refractivity contribution is 4.77. The van der Waals surface area contributed by atoms with Crippen LogP contribution in [0.4, 0.5) is 0 Å². The lowest BCUT2D eigenvalue weighted by molar-refractivity contribution is 0.193. The van der Waals surface area contributed by atoms with E-state index in [-0.39, 0.29) is 0 Å². The van der Waals surface area contributed by atoms with Crippen LogP contribution in [0, 0.1) is 0 Å². The third-order valence-electron chi connectivity index (χ3n) is 0.867. The number of aliphatic hydroxyl groups excluding tert-OH is 1. The van der Waals surface area contributed by atoms with Gasteiger partial charge in [0.1, 0.15) is 0 Å². The Morgan fingerprint density at radius 2 is 2.56 bits per heavy atom. The van der Waals surface area contributed by atoms with Gasteiger partial charge in [-0.15, -0.1) is 10.2 Å². The molecule has 50 valence electrons. The van der Waals surface area contributed by atoms with Gasteiger partial charge in [0.15, 0.2) is 5.82 Å². The first kappa shape index (κ1) is 6.15. The smallest absolute Gasteiger partial charge is 0.177 e. The predicted octanol–water partition coefficient (Wildman–Crippen LogP) is -0.877. The molecule has 0 aliphatic heterocycles. The molecule has 0 fully saturated rings. The summed E-state index contributed by atoms with van der Waals surface area (Å²) in [5.74, 6) is 0.546. The summed E-state index contributed by atoms with van der Waals surface area (Å²) in [5.41, 5.74) is 0. The Morgan fingerprint density at radius 1 is 1.78 bits per heavy atom. The Kier molecular flexibility index (Phi) is 1.74. The van der Waals surface area contributed by atoms with Gasteiger partial charge in [-0.1, -0.05) is 5.21 Å². The molecule has 0 aliphatic carbocycles. The van der Waals surface area contributed by atoms with Crippen LogP contribution in [0.2, 0.25) is 0 Å². The Morgan fingerprint density at radius 3 is 3.00 bits per heavy atom. The molecule has 0 bridgehead atoms. The van der Waals surface area contributed by atoms with Crippen molar-refractivity contribution in [2.75, 3.05) is 0 Å². The average Bonchev–Trinajstić information content (AvgIpc) is 2.15. The van der Waals surface area contributed by atoms with Crippen LogP contribution in [0.1, 0.15) is 12.7 Å². The maximum atomic E-state index is 8.80. The minimum absolute atomic E-state index is 0.400. The standard InChI is InChI=1S/C4H8N4O/c1-3(9)2-4-5-7-8-6-4/h3,9H,2H2,1H3,(H,5,6,7,8). The van der Waals surface area contributed by atoms with Crippen LogP contribution in [0.25, 0.3) is 0 Å². The molecular formula is C4H8N4O. The molecule has 0 amide bonds. The summed E-state index contributed by atoms with van der Waals surface area (Å²) in [5, 5.41) is 21.7. The third kappa shape index (κ3) is 1.77. The largest absolute Gasteiger partial charge is 0.393 e. The predicted molar refractivity (Wildman–Crippen MR) is 29.6 cm³/mol. The number of aromatic nitrogens is 4. The van der Waals surface area contributed by atoms with E-state index in [1.54, 1.807) is 6.92 Å². The molecule has 1 atom stereocenters. The van der Waals surface area contributed by atoms with Gasteiger partial charge in [-0.2, -0.15) is 5.21 Å². The fourth-order valence-corrected chi connectivity index (χ4v) is 0.533. The first-order chi connectivity index (χ1) is 4.29. The molecule has 0 aliphatic rings. The van der Waals surface area contributed by atoms with E-state index in [1.807, 2.05) is 0 Å². The van der Waals surface area contributed by atoms with Gasteiger partial charge in [0.05, 0.1) is 6.10 Å². The number of aromatic amines is 1. The molecule has 0 radical (unpaired) electrons. The minimum Gasteiger partial charge on any atom is -0.393 e. The van der Waals surface area contributed by atoms with E-state index in [9.17, 15) is 0 Å². The SMILES string of the molecule is CC(O)Cc1nn[nH]n1. The Labute approximate surface area is 52.1 Å². The lowest BCUT2D eigenvalue weighted by atomic mass is 10.3. The maximum absolute atomic E-state index is 8.80. The van der Waals surface area contributed by atoms with Crippen molar-refractivity contribution in [1.29, 1.82) is 0 Å². The van der Waals surface area contributed by atoms with E-state index in [2.05, 4.69) is 20.6 Å². The van der Waals surface area contributed by atoms with Crippen LogP contribution in [-0.2, 0) is 6.42 Å². The lowest BCUT2D eigenvalue weighted by Gasteiger charge is -1.94. The van der Waals surface area contributed by atoms with Crippen molar-refractivity contribution in [2.24, 2.45) is 0 Å². The van der Waals surface area contributed by atoms with Crippen molar-refractivity contribution in [3.05, 3.63) is 5.82 Å². The molecule has 1 rings (SSSR count). The van der Waals surface area contributed by atoms with E-state index >= 15 is 0 Å². The van der Waals surface area contributed by atoms with E-state index in [0.717, 1.165) is 0 Å². The van der Waals surface area contributed by atoms with Crippen LogP contribution in [-0.4, -0.2) is 31.8 Å². The average molecular weight is 128 g/mol. The summed E-state index contributed by atoms with van der Waals surface area (Å²) >= 11 is 0. The van der Waals surface area contributed by atoms with Crippen LogP contribution in [0.15, 0.2) is 0 Å². The fourth-order valence-electron chi connectivity index (χ4n) is 0.533. The zero-order valence-corrected chi connectivity index (χ0v) is 5.07. The molecule has 1 aromatic rings. The summed E-state index contributed by atoms with van der Waals surface area (Å²) in [4.78, 5) is 0. The first-order valence-electron chi connectivity index (χ1n) is 2.69. The van der Waals surface area contributed by atoms with E-state index < -0.39 is 6.10 Å². The monoisotopic (exact) mass is 128 g/mol. The summed E-state index contributed by atoms with van der Waals surface area (Å²) in [7, 11) is 0. The number of rotatable bonds is 2.